The van der Waals surface area contributed by atoms with E-state index in [4.69, 9.17) is 27.9 Å². The molecule has 0 saturated carbocycles. The lowest BCUT2D eigenvalue weighted by Crippen LogP contribution is -2.37. The monoisotopic (exact) mass is 486 g/mol. The van der Waals surface area contributed by atoms with E-state index in [1.807, 2.05) is 0 Å². The molecule has 1 aromatic heterocycles. The number of aromatic amines is 1. The zero-order valence-corrected chi connectivity index (χ0v) is 19.2. The van der Waals surface area contributed by atoms with Crippen LogP contribution < -0.4 is 10.2 Å². The van der Waals surface area contributed by atoms with Gasteiger partial charge >= 0.3 is 0 Å². The predicted octanol–water partition coefficient (Wildman–Crippen LogP) is 3.59. The Morgan fingerprint density at radius 1 is 1.03 bits per heavy atom. The van der Waals surface area contributed by atoms with Crippen molar-refractivity contribution >= 4 is 50.5 Å². The van der Waals surface area contributed by atoms with Crippen LogP contribution in [0.5, 0.6) is 0 Å². The van der Waals surface area contributed by atoms with Crippen molar-refractivity contribution in [1.29, 1.82) is 0 Å². The number of sulfonamides is 1. The molecular weight excluding hydrogens is 463 g/mol. The van der Waals surface area contributed by atoms with Gasteiger partial charge in [-0.15, -0.1) is 0 Å². The predicted molar refractivity (Wildman–Crippen MR) is 121 cm³/mol. The van der Waals surface area contributed by atoms with Gasteiger partial charge in [0.2, 0.25) is 10.0 Å². The van der Waals surface area contributed by atoms with Crippen molar-refractivity contribution in [2.24, 2.45) is 0 Å². The molecule has 0 spiro atoms. The summed E-state index contributed by atoms with van der Waals surface area (Å²) in [5.41, 5.74) is 1.33. The smallest absolute Gasteiger partial charge is 0.272 e. The van der Waals surface area contributed by atoms with Crippen LogP contribution in [0.1, 0.15) is 29.8 Å². The molecule has 2 aliphatic rings. The molecule has 0 atom stereocenters. The molecule has 31 heavy (non-hydrogen) atoms. The molecule has 168 valence electrons. The van der Waals surface area contributed by atoms with Crippen LogP contribution in [-0.4, -0.2) is 63.0 Å². The normalized spacial score (nSPS) is 18.2. The van der Waals surface area contributed by atoms with E-state index < -0.39 is 15.9 Å². The van der Waals surface area contributed by atoms with Gasteiger partial charge in [0.05, 0.1) is 34.5 Å². The maximum atomic E-state index is 13.2. The molecule has 8 nitrogen and oxygen atoms in total. The molecule has 2 aromatic rings. The van der Waals surface area contributed by atoms with Gasteiger partial charge in [0.15, 0.2) is 0 Å². The van der Waals surface area contributed by atoms with Crippen molar-refractivity contribution in [2.45, 2.75) is 24.2 Å². The molecule has 11 heteroatoms. The van der Waals surface area contributed by atoms with Crippen molar-refractivity contribution in [3.8, 4) is 0 Å². The van der Waals surface area contributed by atoms with E-state index in [1.165, 1.54) is 16.4 Å². The highest BCUT2D eigenvalue weighted by molar-refractivity contribution is 7.89. The molecule has 0 bridgehead atoms. The summed E-state index contributed by atoms with van der Waals surface area (Å²) < 4.78 is 33.3. The quantitative estimate of drug-likeness (QED) is 0.673. The number of nitrogens with zero attached hydrogens (tertiary/aromatic N) is 2. The highest BCUT2D eigenvalue weighted by atomic mass is 35.5. The van der Waals surface area contributed by atoms with Crippen LogP contribution in [0.3, 0.4) is 0 Å². The second-order valence-electron chi connectivity index (χ2n) is 7.54. The number of carbonyl (C=O) groups is 1. The van der Waals surface area contributed by atoms with Crippen molar-refractivity contribution in [3.05, 3.63) is 40.1 Å². The van der Waals surface area contributed by atoms with Gasteiger partial charge in [-0.2, -0.15) is 4.31 Å². The van der Waals surface area contributed by atoms with Crippen LogP contribution in [0.15, 0.2) is 29.2 Å². The Bertz CT molecular complexity index is 1040. The summed E-state index contributed by atoms with van der Waals surface area (Å²) in [7, 11) is -3.65. The molecular formula is C20H24Cl2N4O4S. The third-order valence-electron chi connectivity index (χ3n) is 5.49. The largest absolute Gasteiger partial charge is 0.378 e. The van der Waals surface area contributed by atoms with E-state index in [9.17, 15) is 13.2 Å². The fourth-order valence-electron chi connectivity index (χ4n) is 3.83. The fraction of sp³-hybridized carbons (Fsp3) is 0.450. The first kappa shape index (κ1) is 22.4. The lowest BCUT2D eigenvalue weighted by atomic mass is 10.2. The van der Waals surface area contributed by atoms with Gasteiger partial charge in [-0.1, -0.05) is 29.6 Å². The van der Waals surface area contributed by atoms with Crippen molar-refractivity contribution in [3.63, 3.8) is 0 Å². The Labute approximate surface area is 191 Å². The summed E-state index contributed by atoms with van der Waals surface area (Å²) in [6.07, 6.45) is 2.73. The molecule has 2 saturated heterocycles. The number of carbonyl (C=O) groups excluding carboxylic acids is 1. The van der Waals surface area contributed by atoms with Crippen LogP contribution in [0.25, 0.3) is 0 Å². The van der Waals surface area contributed by atoms with E-state index >= 15 is 0 Å². The molecule has 2 fully saturated rings. The maximum Gasteiger partial charge on any atom is 0.272 e. The first-order valence-corrected chi connectivity index (χ1v) is 12.4. The minimum atomic E-state index is -3.65. The average molecular weight is 487 g/mol. The molecule has 2 N–H and O–H groups in total. The molecule has 0 radical (unpaired) electrons. The van der Waals surface area contributed by atoms with E-state index in [2.05, 4.69) is 15.2 Å². The van der Waals surface area contributed by atoms with Gasteiger partial charge in [0, 0.05) is 26.2 Å². The third-order valence-corrected chi connectivity index (χ3v) is 8.08. The number of anilines is 2. The number of rotatable bonds is 5. The topological polar surface area (TPSA) is 94.7 Å². The minimum absolute atomic E-state index is 0.157. The Morgan fingerprint density at radius 2 is 1.74 bits per heavy atom. The molecule has 1 aromatic carbocycles. The number of nitrogens with one attached hydrogen (secondary N) is 2. The summed E-state index contributed by atoms with van der Waals surface area (Å²) >= 11 is 11.9. The van der Waals surface area contributed by atoms with E-state index in [0.717, 1.165) is 24.9 Å². The number of benzene rings is 1. The summed E-state index contributed by atoms with van der Waals surface area (Å²) in [6, 6.07) is 6.31. The first-order valence-electron chi connectivity index (χ1n) is 10.2. The summed E-state index contributed by atoms with van der Waals surface area (Å²) in [5, 5.41) is 3.23. The zero-order valence-electron chi connectivity index (χ0n) is 16.9. The van der Waals surface area contributed by atoms with Gasteiger partial charge in [-0.3, -0.25) is 4.79 Å². The highest BCUT2D eigenvalue weighted by Gasteiger charge is 2.28. The SMILES string of the molecule is O=C(Nc1cc(S(=O)(=O)N2CCCCC2)ccc1N1CCOCC1)c1cc(Cl)c(Cl)[nH]1. The minimum Gasteiger partial charge on any atom is -0.378 e. The van der Waals surface area contributed by atoms with Crippen molar-refractivity contribution in [2.75, 3.05) is 49.6 Å². The second kappa shape index (κ2) is 9.38. The van der Waals surface area contributed by atoms with E-state index in [-0.39, 0.29) is 20.8 Å². The van der Waals surface area contributed by atoms with E-state index in [0.29, 0.717) is 45.1 Å². The lowest BCUT2D eigenvalue weighted by molar-refractivity contribution is 0.102. The third kappa shape index (κ3) is 4.85. The Kier molecular flexibility index (Phi) is 6.78. The van der Waals surface area contributed by atoms with Crippen LogP contribution in [0, 0.1) is 0 Å². The lowest BCUT2D eigenvalue weighted by Gasteiger charge is -2.31. The number of hydrogen-bond donors (Lipinski definition) is 2. The molecule has 0 aliphatic carbocycles. The maximum absolute atomic E-state index is 13.2. The standard InChI is InChI=1S/C20H24Cl2N4O4S/c21-15-13-17(23-19(15)22)20(27)24-16-12-14(31(28,29)26-6-2-1-3-7-26)4-5-18(16)25-8-10-30-11-9-25/h4-5,12-13,23H,1-3,6-11H2,(H,24,27). The summed E-state index contributed by atoms with van der Waals surface area (Å²) in [5.74, 6) is -0.462. The first-order chi connectivity index (χ1) is 14.9. The number of aromatic nitrogens is 1. The fourth-order valence-corrected chi connectivity index (χ4v) is 5.68. The van der Waals surface area contributed by atoms with Gasteiger partial charge in [-0.25, -0.2) is 8.42 Å². The van der Waals surface area contributed by atoms with Crippen molar-refractivity contribution < 1.29 is 17.9 Å². The Morgan fingerprint density at radius 3 is 2.39 bits per heavy atom. The number of H-pyrrole nitrogens is 1. The number of amides is 1. The van der Waals surface area contributed by atoms with Crippen LogP contribution in [-0.2, 0) is 14.8 Å². The van der Waals surface area contributed by atoms with Crippen LogP contribution in [0.2, 0.25) is 10.2 Å². The Hall–Kier alpha value is -1.78. The molecule has 3 heterocycles. The second-order valence-corrected chi connectivity index (χ2v) is 10.3. The van der Waals surface area contributed by atoms with Crippen LogP contribution in [0.4, 0.5) is 11.4 Å². The van der Waals surface area contributed by atoms with Crippen LogP contribution >= 0.6 is 23.2 Å². The number of halogens is 2. The van der Waals surface area contributed by atoms with Gasteiger partial charge < -0.3 is 19.9 Å². The van der Waals surface area contributed by atoms with Gasteiger partial charge in [0.25, 0.3) is 5.91 Å². The number of ether oxygens (including phenoxy) is 1. The van der Waals surface area contributed by atoms with Crippen molar-refractivity contribution in [1.82, 2.24) is 9.29 Å². The van der Waals surface area contributed by atoms with Gasteiger partial charge in [0.1, 0.15) is 10.8 Å². The number of hydrogen-bond acceptors (Lipinski definition) is 5. The summed E-state index contributed by atoms with van der Waals surface area (Å²) in [6.45, 7) is 3.41. The average Bonchev–Trinajstić information content (AvgIpc) is 3.13. The molecule has 4 rings (SSSR count). The molecule has 1 amide bonds. The molecule has 0 unspecified atom stereocenters. The van der Waals surface area contributed by atoms with E-state index in [1.54, 1.807) is 12.1 Å². The summed E-state index contributed by atoms with van der Waals surface area (Å²) in [4.78, 5) is 17.8. The Balaban J connectivity index is 1.68. The highest BCUT2D eigenvalue weighted by Crippen LogP contribution is 2.32. The zero-order chi connectivity index (χ0) is 22.0. The van der Waals surface area contributed by atoms with Gasteiger partial charge in [-0.05, 0) is 37.1 Å². The number of piperidine rings is 1. The number of morpholine rings is 1. The molecule has 2 aliphatic heterocycles.